The largest absolute Gasteiger partial charge is 0.322 e. The molecule has 2 N–H and O–H groups in total. The van der Waals surface area contributed by atoms with Crippen LogP contribution < -0.4 is 10.6 Å². The number of hydrogen-bond acceptors (Lipinski definition) is 3. The molecule has 0 bridgehead atoms. The van der Waals surface area contributed by atoms with Gasteiger partial charge in [0.2, 0.25) is 5.91 Å². The summed E-state index contributed by atoms with van der Waals surface area (Å²) in [5.74, 6) is -0.0885. The number of halogens is 1. The van der Waals surface area contributed by atoms with E-state index in [9.17, 15) is 4.79 Å². The molecule has 1 aliphatic heterocycles. The number of carbonyl (C=O) groups excluding carboxylic acids is 1. The Morgan fingerprint density at radius 3 is 2.90 bits per heavy atom. The number of nitrogens with zero attached hydrogens (tertiary/aromatic N) is 1. The number of benzene rings is 1. The van der Waals surface area contributed by atoms with Gasteiger partial charge in [0.1, 0.15) is 0 Å². The highest BCUT2D eigenvalue weighted by molar-refractivity contribution is 6.33. The van der Waals surface area contributed by atoms with Crippen LogP contribution in [-0.2, 0) is 17.8 Å². The lowest BCUT2D eigenvalue weighted by molar-refractivity contribution is -0.118. The van der Waals surface area contributed by atoms with Gasteiger partial charge in [0.15, 0.2) is 0 Å². The first-order chi connectivity index (χ1) is 9.74. The summed E-state index contributed by atoms with van der Waals surface area (Å²) in [5, 5.41) is 6.54. The van der Waals surface area contributed by atoms with Gasteiger partial charge in [0.25, 0.3) is 0 Å². The first-order valence-corrected chi connectivity index (χ1v) is 6.82. The van der Waals surface area contributed by atoms with Crippen molar-refractivity contribution in [3.8, 4) is 0 Å². The number of anilines is 1. The van der Waals surface area contributed by atoms with Crippen molar-refractivity contribution in [1.82, 2.24) is 10.3 Å². The summed E-state index contributed by atoms with van der Waals surface area (Å²) in [5.41, 5.74) is 3.00. The minimum atomic E-state index is -0.249. The van der Waals surface area contributed by atoms with Gasteiger partial charge in [-0.15, -0.1) is 0 Å². The molecule has 2 aromatic rings. The highest BCUT2D eigenvalue weighted by atomic mass is 35.5. The van der Waals surface area contributed by atoms with Crippen molar-refractivity contribution in [3.05, 3.63) is 58.9 Å². The molecule has 0 radical (unpaired) electrons. The van der Waals surface area contributed by atoms with Gasteiger partial charge in [-0.1, -0.05) is 35.9 Å². The van der Waals surface area contributed by atoms with Gasteiger partial charge in [-0.2, -0.15) is 0 Å². The molecule has 5 heteroatoms. The molecule has 0 saturated heterocycles. The normalized spacial score (nSPS) is 17.4. The zero-order chi connectivity index (χ0) is 13.9. The van der Waals surface area contributed by atoms with E-state index in [0.717, 1.165) is 0 Å². The number of amides is 1. The monoisotopic (exact) mass is 287 g/mol. The van der Waals surface area contributed by atoms with E-state index in [4.69, 9.17) is 11.6 Å². The second-order valence-corrected chi connectivity index (χ2v) is 5.16. The van der Waals surface area contributed by atoms with Gasteiger partial charge in [0, 0.05) is 12.7 Å². The van der Waals surface area contributed by atoms with Gasteiger partial charge in [-0.3, -0.25) is 9.78 Å². The lowest BCUT2D eigenvalue weighted by atomic mass is 9.95. The molecule has 1 amide bonds. The molecule has 0 saturated carbocycles. The topological polar surface area (TPSA) is 54.0 Å². The summed E-state index contributed by atoms with van der Waals surface area (Å²) in [6, 6.07) is 9.55. The third kappa shape index (κ3) is 2.66. The van der Waals surface area contributed by atoms with Crippen molar-refractivity contribution in [1.29, 1.82) is 0 Å². The van der Waals surface area contributed by atoms with E-state index in [1.54, 1.807) is 18.5 Å². The van der Waals surface area contributed by atoms with Crippen LogP contribution in [0.15, 0.2) is 42.7 Å². The highest BCUT2D eigenvalue weighted by Crippen LogP contribution is 2.21. The maximum Gasteiger partial charge on any atom is 0.241 e. The second-order valence-electron chi connectivity index (χ2n) is 4.75. The lowest BCUT2D eigenvalue weighted by Gasteiger charge is -2.25. The molecule has 0 aliphatic carbocycles. The molecule has 2 heterocycles. The minimum Gasteiger partial charge on any atom is -0.322 e. The number of pyridine rings is 1. The fourth-order valence-corrected chi connectivity index (χ4v) is 2.48. The first kappa shape index (κ1) is 13.1. The number of carbonyl (C=O) groups is 1. The van der Waals surface area contributed by atoms with E-state index in [0.29, 0.717) is 23.7 Å². The molecule has 1 aromatic carbocycles. The van der Waals surface area contributed by atoms with E-state index in [-0.39, 0.29) is 11.9 Å². The molecule has 102 valence electrons. The molecule has 4 nitrogen and oxygen atoms in total. The molecule has 1 aromatic heterocycles. The Morgan fingerprint density at radius 1 is 1.30 bits per heavy atom. The van der Waals surface area contributed by atoms with Crippen LogP contribution in [0.5, 0.6) is 0 Å². The Morgan fingerprint density at radius 2 is 2.10 bits per heavy atom. The van der Waals surface area contributed by atoms with Crippen LogP contribution >= 0.6 is 11.6 Å². The zero-order valence-electron chi connectivity index (χ0n) is 10.8. The summed E-state index contributed by atoms with van der Waals surface area (Å²) in [6.45, 7) is 0.703. The van der Waals surface area contributed by atoms with Crippen molar-refractivity contribution in [2.45, 2.75) is 19.0 Å². The Balaban J connectivity index is 1.72. The Labute approximate surface area is 122 Å². The molecular weight excluding hydrogens is 274 g/mol. The van der Waals surface area contributed by atoms with E-state index >= 15 is 0 Å². The average molecular weight is 288 g/mol. The van der Waals surface area contributed by atoms with Crippen molar-refractivity contribution in [3.63, 3.8) is 0 Å². The fraction of sp³-hybridized carbons (Fsp3) is 0.200. The highest BCUT2D eigenvalue weighted by Gasteiger charge is 2.24. The van der Waals surface area contributed by atoms with Crippen molar-refractivity contribution >= 4 is 23.2 Å². The van der Waals surface area contributed by atoms with E-state index in [1.165, 1.54) is 11.1 Å². The number of aromatic nitrogens is 1. The first-order valence-electron chi connectivity index (χ1n) is 6.44. The smallest absolute Gasteiger partial charge is 0.241 e. The predicted molar refractivity (Wildman–Crippen MR) is 78.7 cm³/mol. The molecule has 0 fully saturated rings. The quantitative estimate of drug-likeness (QED) is 0.892. The van der Waals surface area contributed by atoms with Crippen molar-refractivity contribution in [2.24, 2.45) is 0 Å². The van der Waals surface area contributed by atoms with Gasteiger partial charge in [0.05, 0.1) is 22.9 Å². The van der Waals surface area contributed by atoms with Crippen LogP contribution in [-0.4, -0.2) is 16.9 Å². The van der Waals surface area contributed by atoms with Gasteiger partial charge in [-0.05, 0) is 23.6 Å². The number of fused-ring (bicyclic) bond motifs is 1. The summed E-state index contributed by atoms with van der Waals surface area (Å²) in [7, 11) is 0. The van der Waals surface area contributed by atoms with Gasteiger partial charge >= 0.3 is 0 Å². The summed E-state index contributed by atoms with van der Waals surface area (Å²) in [6.07, 6.45) is 3.82. The maximum absolute atomic E-state index is 12.3. The number of nitrogens with one attached hydrogen (secondary N) is 2. The summed E-state index contributed by atoms with van der Waals surface area (Å²) in [4.78, 5) is 16.2. The van der Waals surface area contributed by atoms with Gasteiger partial charge < -0.3 is 10.6 Å². The molecule has 0 unspecified atom stereocenters. The third-order valence-electron chi connectivity index (χ3n) is 3.42. The Kier molecular flexibility index (Phi) is 3.67. The fourth-order valence-electron chi connectivity index (χ4n) is 2.33. The lowest BCUT2D eigenvalue weighted by Crippen LogP contribution is -2.44. The Bertz CT molecular complexity index is 645. The van der Waals surface area contributed by atoms with Crippen LogP contribution in [0.3, 0.4) is 0 Å². The van der Waals surface area contributed by atoms with Crippen LogP contribution in [0.25, 0.3) is 0 Å². The number of rotatable bonds is 2. The molecule has 1 aliphatic rings. The van der Waals surface area contributed by atoms with E-state index in [2.05, 4.69) is 27.8 Å². The number of hydrogen-bond donors (Lipinski definition) is 2. The zero-order valence-corrected chi connectivity index (χ0v) is 11.5. The van der Waals surface area contributed by atoms with E-state index < -0.39 is 0 Å². The Hall–Kier alpha value is -1.91. The molecule has 1 atom stereocenters. The third-order valence-corrected chi connectivity index (χ3v) is 3.75. The second kappa shape index (κ2) is 5.61. The molecule has 0 spiro atoms. The van der Waals surface area contributed by atoms with Crippen molar-refractivity contribution in [2.75, 3.05) is 5.32 Å². The van der Waals surface area contributed by atoms with Crippen LogP contribution in [0.4, 0.5) is 5.69 Å². The summed E-state index contributed by atoms with van der Waals surface area (Å²) >= 11 is 6.01. The van der Waals surface area contributed by atoms with Crippen LogP contribution in [0.1, 0.15) is 11.1 Å². The average Bonchev–Trinajstić information content (AvgIpc) is 2.49. The standard InChI is InChI=1S/C15H14ClN3O/c16-12-5-6-17-9-14(12)19-15(20)13-7-10-3-1-2-4-11(10)8-18-13/h1-6,9,13,18H,7-8H2,(H,19,20)/t13-/m0/s1. The SMILES string of the molecule is O=C(Nc1cnccc1Cl)[C@@H]1Cc2ccccc2CN1. The summed E-state index contributed by atoms with van der Waals surface area (Å²) < 4.78 is 0. The van der Waals surface area contributed by atoms with Crippen LogP contribution in [0, 0.1) is 0 Å². The minimum absolute atomic E-state index is 0.0885. The van der Waals surface area contributed by atoms with Crippen LogP contribution in [0.2, 0.25) is 5.02 Å². The van der Waals surface area contributed by atoms with Gasteiger partial charge in [-0.25, -0.2) is 0 Å². The van der Waals surface area contributed by atoms with E-state index in [1.807, 2.05) is 12.1 Å². The maximum atomic E-state index is 12.3. The van der Waals surface area contributed by atoms with Crippen molar-refractivity contribution < 1.29 is 4.79 Å². The molecule has 3 rings (SSSR count). The predicted octanol–water partition coefficient (Wildman–Crippen LogP) is 2.39. The molecule has 20 heavy (non-hydrogen) atoms. The molecular formula is C15H14ClN3O.